The van der Waals surface area contributed by atoms with Gasteiger partial charge < -0.3 is 14.6 Å². The van der Waals surface area contributed by atoms with Gasteiger partial charge in [-0.1, -0.05) is 0 Å². The second-order valence-electron chi connectivity index (χ2n) is 3.72. The molecule has 6 nitrogen and oxygen atoms in total. The van der Waals surface area contributed by atoms with Crippen molar-refractivity contribution >= 4 is 17.6 Å². The fourth-order valence-corrected chi connectivity index (χ4v) is 1.34. The van der Waals surface area contributed by atoms with Crippen LogP contribution in [-0.2, 0) is 21.4 Å². The number of aromatic nitrogens is 1. The lowest BCUT2D eigenvalue weighted by atomic mass is 10.3. The molecule has 18 heavy (non-hydrogen) atoms. The van der Waals surface area contributed by atoms with Crippen molar-refractivity contribution in [1.82, 2.24) is 4.57 Å². The van der Waals surface area contributed by atoms with E-state index >= 15 is 0 Å². The van der Waals surface area contributed by atoms with Gasteiger partial charge in [0.1, 0.15) is 0 Å². The van der Waals surface area contributed by atoms with E-state index < -0.39 is 5.97 Å². The molecule has 0 spiro atoms. The van der Waals surface area contributed by atoms with Gasteiger partial charge >= 0.3 is 5.97 Å². The summed E-state index contributed by atoms with van der Waals surface area (Å²) in [5.41, 5.74) is 0.366. The lowest BCUT2D eigenvalue weighted by Crippen LogP contribution is -2.18. The van der Waals surface area contributed by atoms with E-state index in [2.05, 4.69) is 5.32 Å². The summed E-state index contributed by atoms with van der Waals surface area (Å²) in [5.74, 6) is -0.685. The van der Waals surface area contributed by atoms with E-state index in [4.69, 9.17) is 4.74 Å². The Kier molecular flexibility index (Phi) is 5.10. The molecule has 0 aliphatic rings. The molecule has 0 atom stereocenters. The number of ether oxygens (including phenoxy) is 1. The van der Waals surface area contributed by atoms with E-state index in [1.807, 2.05) is 0 Å². The van der Waals surface area contributed by atoms with Gasteiger partial charge in [-0.05, 0) is 13.0 Å². The number of esters is 1. The highest BCUT2D eigenvalue weighted by atomic mass is 16.5. The van der Waals surface area contributed by atoms with Crippen molar-refractivity contribution in [2.45, 2.75) is 19.8 Å². The first kappa shape index (κ1) is 14.0. The minimum Gasteiger partial charge on any atom is -0.466 e. The van der Waals surface area contributed by atoms with Crippen LogP contribution in [0.25, 0.3) is 0 Å². The highest BCUT2D eigenvalue weighted by Gasteiger charge is 2.08. The summed E-state index contributed by atoms with van der Waals surface area (Å²) in [7, 11) is 1.59. The molecule has 6 heteroatoms. The summed E-state index contributed by atoms with van der Waals surface area (Å²) in [6.45, 7) is 2.02. The van der Waals surface area contributed by atoms with E-state index in [0.717, 1.165) is 0 Å². The van der Waals surface area contributed by atoms with E-state index in [1.54, 1.807) is 14.0 Å². The van der Waals surface area contributed by atoms with Crippen LogP contribution in [0.5, 0.6) is 0 Å². The smallest absolute Gasteiger partial charge is 0.306 e. The van der Waals surface area contributed by atoms with Crippen molar-refractivity contribution < 1.29 is 14.3 Å². The Morgan fingerprint density at radius 2 is 2.06 bits per heavy atom. The maximum absolute atomic E-state index is 11.5. The van der Waals surface area contributed by atoms with Crippen LogP contribution >= 0.6 is 0 Å². The van der Waals surface area contributed by atoms with Gasteiger partial charge in [0.15, 0.2) is 0 Å². The van der Waals surface area contributed by atoms with Crippen LogP contribution in [0.3, 0.4) is 0 Å². The predicted molar refractivity (Wildman–Crippen MR) is 66.2 cm³/mol. The first-order chi connectivity index (χ1) is 8.52. The van der Waals surface area contributed by atoms with Crippen molar-refractivity contribution in [2.24, 2.45) is 7.05 Å². The Hall–Kier alpha value is -2.11. The summed E-state index contributed by atoms with van der Waals surface area (Å²) >= 11 is 0. The molecule has 0 aliphatic carbocycles. The first-order valence-electron chi connectivity index (χ1n) is 5.65. The Balaban J connectivity index is 2.47. The van der Waals surface area contributed by atoms with Gasteiger partial charge in [0.2, 0.25) is 11.5 Å². The molecule has 1 N–H and O–H groups in total. The minimum absolute atomic E-state index is 0.0471. The fourth-order valence-electron chi connectivity index (χ4n) is 1.34. The number of pyridine rings is 1. The number of rotatable bonds is 5. The summed E-state index contributed by atoms with van der Waals surface area (Å²) in [6, 6.07) is 2.88. The second-order valence-corrected chi connectivity index (χ2v) is 3.72. The number of anilines is 1. The molecule has 0 fully saturated rings. The number of aryl methyl sites for hydroxylation is 1. The predicted octanol–water partition coefficient (Wildman–Crippen LogP) is 0.667. The Bertz CT molecular complexity index is 493. The van der Waals surface area contributed by atoms with Crippen LogP contribution in [0.4, 0.5) is 5.69 Å². The zero-order valence-electron chi connectivity index (χ0n) is 10.4. The van der Waals surface area contributed by atoms with Crippen LogP contribution < -0.4 is 10.9 Å². The largest absolute Gasteiger partial charge is 0.466 e. The first-order valence-corrected chi connectivity index (χ1v) is 5.65. The van der Waals surface area contributed by atoms with Gasteiger partial charge in [0, 0.05) is 25.7 Å². The summed E-state index contributed by atoms with van der Waals surface area (Å²) in [4.78, 5) is 33.7. The second kappa shape index (κ2) is 6.58. The van der Waals surface area contributed by atoms with Crippen molar-refractivity contribution in [3.8, 4) is 0 Å². The monoisotopic (exact) mass is 252 g/mol. The number of hydrogen-bond acceptors (Lipinski definition) is 4. The number of carbonyl (C=O) groups is 2. The Morgan fingerprint density at radius 1 is 1.33 bits per heavy atom. The quantitative estimate of drug-likeness (QED) is 0.781. The highest BCUT2D eigenvalue weighted by molar-refractivity contribution is 5.92. The molecule has 1 aromatic rings. The fraction of sp³-hybridized carbons (Fsp3) is 0.417. The van der Waals surface area contributed by atoms with E-state index in [-0.39, 0.29) is 24.3 Å². The van der Waals surface area contributed by atoms with Gasteiger partial charge in [-0.2, -0.15) is 0 Å². The third kappa shape index (κ3) is 4.40. The number of nitrogens with zero attached hydrogens (tertiary/aromatic N) is 1. The molecule has 1 aromatic heterocycles. The molecule has 98 valence electrons. The number of hydrogen-bond donors (Lipinski definition) is 1. The molecule has 1 heterocycles. The molecule has 0 radical (unpaired) electrons. The van der Waals surface area contributed by atoms with Crippen molar-refractivity contribution in [1.29, 1.82) is 0 Å². The molecule has 0 saturated carbocycles. The maximum Gasteiger partial charge on any atom is 0.306 e. The molecular formula is C12H16N2O4. The topological polar surface area (TPSA) is 77.4 Å². The van der Waals surface area contributed by atoms with Crippen LogP contribution in [0.15, 0.2) is 23.1 Å². The molecule has 1 amide bonds. The van der Waals surface area contributed by atoms with Gasteiger partial charge in [0.05, 0.1) is 18.7 Å². The van der Waals surface area contributed by atoms with Crippen molar-refractivity contribution in [3.05, 3.63) is 28.7 Å². The van der Waals surface area contributed by atoms with Crippen molar-refractivity contribution in [3.63, 3.8) is 0 Å². The van der Waals surface area contributed by atoms with Gasteiger partial charge in [-0.25, -0.2) is 0 Å². The van der Waals surface area contributed by atoms with E-state index in [0.29, 0.717) is 12.3 Å². The summed E-state index contributed by atoms with van der Waals surface area (Å²) in [6.07, 6.45) is 1.62. The number of amides is 1. The summed E-state index contributed by atoms with van der Waals surface area (Å²) in [5, 5.41) is 2.60. The van der Waals surface area contributed by atoms with Gasteiger partial charge in [-0.15, -0.1) is 0 Å². The Labute approximate surface area is 105 Å². The van der Waals surface area contributed by atoms with E-state index in [9.17, 15) is 14.4 Å². The van der Waals surface area contributed by atoms with Crippen LogP contribution in [0.1, 0.15) is 19.8 Å². The Morgan fingerprint density at radius 3 is 2.67 bits per heavy atom. The molecule has 0 aromatic carbocycles. The molecule has 1 rings (SSSR count). The molecular weight excluding hydrogens is 236 g/mol. The van der Waals surface area contributed by atoms with Gasteiger partial charge in [0.25, 0.3) is 0 Å². The normalized spacial score (nSPS) is 9.89. The maximum atomic E-state index is 11.5. The minimum atomic E-state index is -0.395. The SMILES string of the molecule is CCOC(=O)CCC(=O)Nc1ccc(=O)n(C)c1. The van der Waals surface area contributed by atoms with Gasteiger partial charge in [-0.3, -0.25) is 14.4 Å². The lowest BCUT2D eigenvalue weighted by Gasteiger charge is -2.06. The third-order valence-corrected chi connectivity index (χ3v) is 2.23. The van der Waals surface area contributed by atoms with Crippen LogP contribution in [-0.4, -0.2) is 23.1 Å². The zero-order chi connectivity index (χ0) is 13.5. The molecule has 0 bridgehead atoms. The lowest BCUT2D eigenvalue weighted by molar-refractivity contribution is -0.144. The standard InChI is InChI=1S/C12H16N2O4/c1-3-18-12(17)7-5-10(15)13-9-4-6-11(16)14(2)8-9/h4,6,8H,3,5,7H2,1-2H3,(H,13,15). The third-order valence-electron chi connectivity index (χ3n) is 2.23. The number of carbonyl (C=O) groups excluding carboxylic acids is 2. The molecule has 0 aliphatic heterocycles. The average Bonchev–Trinajstić information content (AvgIpc) is 2.32. The molecule has 0 unspecified atom stereocenters. The van der Waals surface area contributed by atoms with E-state index in [1.165, 1.54) is 22.9 Å². The highest BCUT2D eigenvalue weighted by Crippen LogP contribution is 2.04. The zero-order valence-corrected chi connectivity index (χ0v) is 10.4. The average molecular weight is 252 g/mol. The van der Waals surface area contributed by atoms with Crippen molar-refractivity contribution in [2.75, 3.05) is 11.9 Å². The van der Waals surface area contributed by atoms with Crippen LogP contribution in [0.2, 0.25) is 0 Å². The number of nitrogens with one attached hydrogen (secondary N) is 1. The summed E-state index contributed by atoms with van der Waals surface area (Å²) < 4.78 is 6.08. The molecule has 0 saturated heterocycles. The van der Waals surface area contributed by atoms with Crippen LogP contribution in [0, 0.1) is 0 Å².